The number of H-pyrrole nitrogens is 1. The number of aromatic nitrogens is 1. The lowest BCUT2D eigenvalue weighted by atomic mass is 10.1. The Kier molecular flexibility index (Phi) is 1.25. The second-order valence-electron chi connectivity index (χ2n) is 3.13. The molecule has 64 valence electrons. The van der Waals surface area contributed by atoms with Crippen molar-refractivity contribution >= 4 is 17.0 Å². The van der Waals surface area contributed by atoms with Crippen molar-refractivity contribution in [3.8, 4) is 5.88 Å². The Balaban J connectivity index is 2.42. The first-order valence-corrected chi connectivity index (χ1v) is 4.35. The van der Waals surface area contributed by atoms with Gasteiger partial charge in [0.25, 0.3) is 0 Å². The Bertz CT molecular complexity index is 482. The zero-order valence-electron chi connectivity index (χ0n) is 7.08. The molecule has 0 radical (unpaired) electrons. The molecule has 0 fully saturated rings. The summed E-state index contributed by atoms with van der Waals surface area (Å²) in [6.45, 7) is 0.666. The van der Waals surface area contributed by atoms with Crippen molar-refractivity contribution in [2.75, 3.05) is 6.61 Å². The lowest BCUT2D eigenvalue weighted by molar-refractivity contribution is 0.347. The van der Waals surface area contributed by atoms with Crippen LogP contribution in [0.25, 0.3) is 17.0 Å². The summed E-state index contributed by atoms with van der Waals surface area (Å²) in [5.41, 5.74) is 2.31. The van der Waals surface area contributed by atoms with Gasteiger partial charge >= 0.3 is 0 Å². The van der Waals surface area contributed by atoms with E-state index in [4.69, 9.17) is 4.74 Å². The number of nitrogens with one attached hydrogen (secondary N) is 1. The van der Waals surface area contributed by atoms with Gasteiger partial charge in [-0.2, -0.15) is 0 Å². The lowest BCUT2D eigenvalue weighted by Gasteiger charge is -2.06. The van der Waals surface area contributed by atoms with Crippen LogP contribution in [-0.2, 0) is 0 Å². The van der Waals surface area contributed by atoms with Crippen LogP contribution in [0.15, 0.2) is 30.3 Å². The van der Waals surface area contributed by atoms with E-state index in [0.29, 0.717) is 6.61 Å². The van der Waals surface area contributed by atoms with Crippen molar-refractivity contribution < 1.29 is 4.74 Å². The van der Waals surface area contributed by atoms with Gasteiger partial charge in [-0.25, -0.2) is 0 Å². The molecule has 1 aromatic carbocycles. The van der Waals surface area contributed by atoms with Crippen LogP contribution in [0.3, 0.4) is 0 Å². The highest BCUT2D eigenvalue weighted by Gasteiger charge is 2.11. The van der Waals surface area contributed by atoms with E-state index in [-0.39, 0.29) is 0 Å². The van der Waals surface area contributed by atoms with Gasteiger partial charge in [-0.05, 0) is 18.2 Å². The van der Waals surface area contributed by atoms with Gasteiger partial charge in [-0.15, -0.1) is 0 Å². The number of hydrogen-bond acceptors (Lipinski definition) is 1. The summed E-state index contributed by atoms with van der Waals surface area (Å²) in [6.07, 6.45) is 4.14. The van der Waals surface area contributed by atoms with E-state index >= 15 is 0 Å². The molecule has 0 unspecified atom stereocenters. The van der Waals surface area contributed by atoms with Crippen LogP contribution in [0.2, 0.25) is 0 Å². The van der Waals surface area contributed by atoms with Gasteiger partial charge in [-0.3, -0.25) is 0 Å². The van der Waals surface area contributed by atoms with Gasteiger partial charge in [0.05, 0.1) is 0 Å². The quantitative estimate of drug-likeness (QED) is 0.647. The molecular weight excluding hydrogens is 162 g/mol. The normalized spacial score (nSPS) is 14.2. The van der Waals surface area contributed by atoms with Crippen molar-refractivity contribution in [1.82, 2.24) is 4.98 Å². The third-order valence-corrected chi connectivity index (χ3v) is 2.32. The number of fused-ring (bicyclic) bond motifs is 3. The van der Waals surface area contributed by atoms with Gasteiger partial charge in [0.1, 0.15) is 6.61 Å². The predicted octanol–water partition coefficient (Wildman–Crippen LogP) is 2.57. The van der Waals surface area contributed by atoms with Gasteiger partial charge in [0, 0.05) is 16.5 Å². The molecule has 0 atom stereocenters. The third kappa shape index (κ3) is 0.886. The molecule has 0 saturated carbocycles. The molecule has 1 aromatic heterocycles. The minimum atomic E-state index is 0.666. The summed E-state index contributed by atoms with van der Waals surface area (Å²) in [5, 5.41) is 1.23. The highest BCUT2D eigenvalue weighted by molar-refractivity contribution is 5.92. The molecule has 13 heavy (non-hydrogen) atoms. The van der Waals surface area contributed by atoms with E-state index in [1.165, 1.54) is 10.9 Å². The molecule has 1 aliphatic heterocycles. The molecule has 2 heterocycles. The van der Waals surface area contributed by atoms with Crippen LogP contribution in [0.1, 0.15) is 5.56 Å². The van der Waals surface area contributed by atoms with E-state index in [1.54, 1.807) is 0 Å². The molecule has 0 saturated heterocycles. The first-order valence-electron chi connectivity index (χ1n) is 4.35. The van der Waals surface area contributed by atoms with Crippen molar-refractivity contribution in [2.24, 2.45) is 0 Å². The maximum atomic E-state index is 5.47. The molecular formula is C11H9NO. The van der Waals surface area contributed by atoms with Crippen LogP contribution in [0.4, 0.5) is 0 Å². The highest BCUT2D eigenvalue weighted by Crippen LogP contribution is 2.30. The van der Waals surface area contributed by atoms with E-state index in [2.05, 4.69) is 23.2 Å². The highest BCUT2D eigenvalue weighted by atomic mass is 16.5. The van der Waals surface area contributed by atoms with E-state index < -0.39 is 0 Å². The third-order valence-electron chi connectivity index (χ3n) is 2.32. The molecule has 1 N–H and O–H groups in total. The van der Waals surface area contributed by atoms with E-state index in [0.717, 1.165) is 11.4 Å². The summed E-state index contributed by atoms with van der Waals surface area (Å²) >= 11 is 0. The number of rotatable bonds is 0. The Morgan fingerprint density at radius 1 is 1.23 bits per heavy atom. The van der Waals surface area contributed by atoms with Crippen LogP contribution in [0.5, 0.6) is 5.88 Å². The van der Waals surface area contributed by atoms with Gasteiger partial charge in [-0.1, -0.05) is 18.2 Å². The topological polar surface area (TPSA) is 25.0 Å². The summed E-state index contributed by atoms with van der Waals surface area (Å²) in [4.78, 5) is 3.24. The molecule has 2 heteroatoms. The van der Waals surface area contributed by atoms with Gasteiger partial charge in [0.15, 0.2) is 5.88 Å². The number of aromatic amines is 1. The van der Waals surface area contributed by atoms with Crippen molar-refractivity contribution in [2.45, 2.75) is 0 Å². The zero-order chi connectivity index (χ0) is 8.67. The minimum absolute atomic E-state index is 0.666. The number of ether oxygens (including phenoxy) is 1. The molecule has 3 rings (SSSR count). The largest absolute Gasteiger partial charge is 0.474 e. The number of benzene rings is 1. The summed E-state index contributed by atoms with van der Waals surface area (Å²) in [5.74, 6) is 0.892. The van der Waals surface area contributed by atoms with Crippen LogP contribution in [-0.4, -0.2) is 11.6 Å². The van der Waals surface area contributed by atoms with Crippen LogP contribution < -0.4 is 4.74 Å². The first kappa shape index (κ1) is 6.78. The fourth-order valence-electron chi connectivity index (χ4n) is 1.72. The Morgan fingerprint density at radius 2 is 2.15 bits per heavy atom. The maximum Gasteiger partial charge on any atom is 0.199 e. The standard InChI is InChI=1S/C11H9NO/c1-2-6-10-8(4-1)9-5-3-7-13-11(9)12-10/h1-6,12H,7H2. The Morgan fingerprint density at radius 3 is 3.15 bits per heavy atom. The average molecular weight is 171 g/mol. The molecule has 0 spiro atoms. The fraction of sp³-hybridized carbons (Fsp3) is 0.0909. The molecule has 0 bridgehead atoms. The van der Waals surface area contributed by atoms with Gasteiger partial charge in [0.2, 0.25) is 0 Å². The van der Waals surface area contributed by atoms with Crippen molar-refractivity contribution in [3.63, 3.8) is 0 Å². The maximum absolute atomic E-state index is 5.47. The molecule has 2 aromatic rings. The fourth-order valence-corrected chi connectivity index (χ4v) is 1.72. The Labute approximate surface area is 75.8 Å². The number of para-hydroxylation sites is 1. The molecule has 0 amide bonds. The SMILES string of the molecule is C1=Cc2c([nH]c3ccccc23)OC1. The predicted molar refractivity (Wildman–Crippen MR) is 52.8 cm³/mol. The monoisotopic (exact) mass is 171 g/mol. The summed E-state index contributed by atoms with van der Waals surface area (Å²) in [7, 11) is 0. The van der Waals surface area contributed by atoms with Crippen molar-refractivity contribution in [3.05, 3.63) is 35.9 Å². The second kappa shape index (κ2) is 2.39. The number of hydrogen-bond donors (Lipinski definition) is 1. The Hall–Kier alpha value is -1.70. The molecule has 1 aliphatic rings. The minimum Gasteiger partial charge on any atom is -0.474 e. The van der Waals surface area contributed by atoms with E-state index in [1.807, 2.05) is 18.2 Å². The second-order valence-corrected chi connectivity index (χ2v) is 3.13. The van der Waals surface area contributed by atoms with Crippen LogP contribution in [0, 0.1) is 0 Å². The molecule has 0 aliphatic carbocycles. The molecule has 2 nitrogen and oxygen atoms in total. The summed E-state index contributed by atoms with van der Waals surface area (Å²) in [6, 6.07) is 8.22. The smallest absolute Gasteiger partial charge is 0.199 e. The first-order chi connectivity index (χ1) is 6.45. The van der Waals surface area contributed by atoms with Crippen LogP contribution >= 0.6 is 0 Å². The summed E-state index contributed by atoms with van der Waals surface area (Å²) < 4.78 is 5.47. The lowest BCUT2D eigenvalue weighted by Crippen LogP contribution is -1.98. The zero-order valence-corrected chi connectivity index (χ0v) is 7.08. The average Bonchev–Trinajstić information content (AvgIpc) is 2.56. The van der Waals surface area contributed by atoms with Gasteiger partial charge < -0.3 is 9.72 Å². The van der Waals surface area contributed by atoms with Crippen molar-refractivity contribution in [1.29, 1.82) is 0 Å². The van der Waals surface area contributed by atoms with E-state index in [9.17, 15) is 0 Å².